The summed E-state index contributed by atoms with van der Waals surface area (Å²) in [6.45, 7) is 1.88. The summed E-state index contributed by atoms with van der Waals surface area (Å²) < 4.78 is 7.05. The smallest absolute Gasteiger partial charge is 0.249 e. The molecule has 3 aromatic carbocycles. The molecule has 1 atom stereocenters. The number of methoxy groups -OCH3 is 1. The zero-order chi connectivity index (χ0) is 25.8. The highest BCUT2D eigenvalue weighted by Crippen LogP contribution is 2.33. The number of nitrogens with zero attached hydrogens (tertiary/aromatic N) is 4. The maximum Gasteiger partial charge on any atom is 0.249 e. The Morgan fingerprint density at radius 3 is 2.59 bits per heavy atom. The first-order valence-corrected chi connectivity index (χ1v) is 12.7. The summed E-state index contributed by atoms with van der Waals surface area (Å²) in [7, 11) is 1.59. The van der Waals surface area contributed by atoms with Crippen LogP contribution in [0.4, 0.5) is 5.69 Å². The molecule has 1 aliphatic carbocycles. The number of para-hydroxylation sites is 2. The molecule has 0 spiro atoms. The van der Waals surface area contributed by atoms with Crippen molar-refractivity contribution in [2.45, 2.75) is 51.2 Å². The van der Waals surface area contributed by atoms with Crippen molar-refractivity contribution < 1.29 is 14.3 Å². The molecule has 1 aliphatic rings. The van der Waals surface area contributed by atoms with Gasteiger partial charge in [-0.3, -0.25) is 14.5 Å². The quantitative estimate of drug-likeness (QED) is 0.385. The third kappa shape index (κ3) is 5.18. The minimum Gasteiger partial charge on any atom is -0.497 e. The molecule has 0 unspecified atom stereocenters. The van der Waals surface area contributed by atoms with E-state index in [9.17, 15) is 9.59 Å². The van der Waals surface area contributed by atoms with Crippen LogP contribution >= 0.6 is 0 Å². The van der Waals surface area contributed by atoms with E-state index in [1.807, 2.05) is 79.7 Å². The van der Waals surface area contributed by atoms with Gasteiger partial charge in [-0.05, 0) is 61.2 Å². The molecule has 0 aliphatic heterocycles. The van der Waals surface area contributed by atoms with Gasteiger partial charge in [0.25, 0.3) is 0 Å². The highest BCUT2D eigenvalue weighted by atomic mass is 16.5. The van der Waals surface area contributed by atoms with Gasteiger partial charge in [-0.15, -0.1) is 5.10 Å². The van der Waals surface area contributed by atoms with Crippen LogP contribution in [0.2, 0.25) is 0 Å². The van der Waals surface area contributed by atoms with Gasteiger partial charge in [0.1, 0.15) is 23.9 Å². The summed E-state index contributed by atoms with van der Waals surface area (Å²) in [6.07, 6.45) is 4.07. The number of aromatic nitrogens is 3. The van der Waals surface area contributed by atoms with Crippen LogP contribution in [0, 0.1) is 6.92 Å². The zero-order valence-corrected chi connectivity index (χ0v) is 21.1. The minimum absolute atomic E-state index is 0.0635. The molecule has 0 saturated heterocycles. The predicted molar refractivity (Wildman–Crippen MR) is 142 cm³/mol. The van der Waals surface area contributed by atoms with Crippen LogP contribution in [0.15, 0.2) is 72.8 Å². The van der Waals surface area contributed by atoms with Gasteiger partial charge in [0.05, 0.1) is 12.6 Å². The van der Waals surface area contributed by atoms with Crippen LogP contribution in [-0.2, 0) is 16.1 Å². The van der Waals surface area contributed by atoms with Crippen LogP contribution < -0.4 is 15.0 Å². The molecule has 0 bridgehead atoms. The van der Waals surface area contributed by atoms with Crippen LogP contribution in [0.5, 0.6) is 5.75 Å². The third-order valence-corrected chi connectivity index (χ3v) is 6.97. The number of hydrogen-bond acceptors (Lipinski definition) is 5. The Morgan fingerprint density at radius 1 is 1.05 bits per heavy atom. The SMILES string of the molecule is COc1cccc([C@@H](C(=O)NC2CCCC2)N(C(=O)Cn2nnc3ccccc32)c2ccccc2C)c1. The Balaban J connectivity index is 1.59. The lowest BCUT2D eigenvalue weighted by Gasteiger charge is -2.33. The highest BCUT2D eigenvalue weighted by molar-refractivity contribution is 6.02. The van der Waals surface area contributed by atoms with E-state index in [1.54, 1.807) is 16.7 Å². The van der Waals surface area contributed by atoms with Crippen LogP contribution in [0.3, 0.4) is 0 Å². The average molecular weight is 498 g/mol. The molecule has 37 heavy (non-hydrogen) atoms. The Kier molecular flexibility index (Phi) is 7.16. The molecule has 8 nitrogen and oxygen atoms in total. The topological polar surface area (TPSA) is 89.4 Å². The second-order valence-corrected chi connectivity index (χ2v) is 9.46. The standard InChI is InChI=1S/C29H31N5O3/c1-20-10-3-7-16-25(20)34(27(35)19-33-26-17-8-6-15-24(26)31-32-33)28(21-11-9-14-23(18-21)37-2)29(36)30-22-12-4-5-13-22/h3,6-11,14-18,22,28H,4-5,12-13,19H2,1-2H3,(H,30,36)/t28-/m0/s1. The van der Waals surface area contributed by atoms with E-state index < -0.39 is 6.04 Å². The number of carbonyl (C=O) groups excluding carboxylic acids is 2. The highest BCUT2D eigenvalue weighted by Gasteiger charge is 2.35. The summed E-state index contributed by atoms with van der Waals surface area (Å²) >= 11 is 0. The molecule has 1 heterocycles. The van der Waals surface area contributed by atoms with Gasteiger partial charge >= 0.3 is 0 Å². The first-order valence-electron chi connectivity index (χ1n) is 12.7. The number of rotatable bonds is 8. The first-order chi connectivity index (χ1) is 18.0. The maximum atomic E-state index is 14.1. The molecule has 1 aromatic heterocycles. The fraction of sp³-hybridized carbons (Fsp3) is 0.310. The number of anilines is 1. The molecule has 1 fully saturated rings. The molecular weight excluding hydrogens is 466 g/mol. The van der Waals surface area contributed by atoms with Gasteiger partial charge in [0.2, 0.25) is 11.8 Å². The van der Waals surface area contributed by atoms with Crippen LogP contribution in [0.1, 0.15) is 42.9 Å². The molecular formula is C29H31N5O3. The van der Waals surface area contributed by atoms with Crippen LogP contribution in [-0.4, -0.2) is 40.0 Å². The predicted octanol–water partition coefficient (Wildman–Crippen LogP) is 4.58. The number of hydrogen-bond donors (Lipinski definition) is 1. The zero-order valence-electron chi connectivity index (χ0n) is 21.1. The molecule has 1 N–H and O–H groups in total. The number of ether oxygens (including phenoxy) is 1. The fourth-order valence-corrected chi connectivity index (χ4v) is 5.07. The second kappa shape index (κ2) is 10.8. The van der Waals surface area contributed by atoms with Gasteiger partial charge < -0.3 is 10.1 Å². The van der Waals surface area contributed by atoms with Gasteiger partial charge in [-0.1, -0.05) is 60.5 Å². The summed E-state index contributed by atoms with van der Waals surface area (Å²) in [5, 5.41) is 11.6. The van der Waals surface area contributed by atoms with Gasteiger partial charge in [0, 0.05) is 11.7 Å². The summed E-state index contributed by atoms with van der Waals surface area (Å²) in [5.41, 5.74) is 3.71. The first kappa shape index (κ1) is 24.5. The van der Waals surface area contributed by atoms with Gasteiger partial charge in [-0.2, -0.15) is 0 Å². The van der Waals surface area contributed by atoms with Crippen molar-refractivity contribution in [3.63, 3.8) is 0 Å². The van der Waals surface area contributed by atoms with Crippen molar-refractivity contribution in [3.8, 4) is 5.75 Å². The molecule has 190 valence electrons. The van der Waals surface area contributed by atoms with Gasteiger partial charge in [0.15, 0.2) is 0 Å². The fourth-order valence-electron chi connectivity index (χ4n) is 5.07. The molecule has 1 saturated carbocycles. The Hall–Kier alpha value is -4.20. The molecule has 2 amide bonds. The Labute approximate surface area is 216 Å². The summed E-state index contributed by atoms with van der Waals surface area (Å²) in [4.78, 5) is 29.7. The number of fused-ring (bicyclic) bond motifs is 1. The number of benzene rings is 3. The minimum atomic E-state index is -0.890. The normalized spacial score (nSPS) is 14.4. The number of carbonyl (C=O) groups is 2. The van der Waals surface area contributed by atoms with Crippen molar-refractivity contribution in [2.75, 3.05) is 12.0 Å². The molecule has 4 aromatic rings. The molecule has 0 radical (unpaired) electrons. The lowest BCUT2D eigenvalue weighted by Crippen LogP contribution is -2.47. The molecule has 8 heteroatoms. The third-order valence-electron chi connectivity index (χ3n) is 6.97. The van der Waals surface area contributed by atoms with Crippen LogP contribution in [0.25, 0.3) is 11.0 Å². The lowest BCUT2D eigenvalue weighted by molar-refractivity contribution is -0.127. The maximum absolute atomic E-state index is 14.1. The van der Waals surface area contributed by atoms with Gasteiger partial charge in [-0.25, -0.2) is 4.68 Å². The van der Waals surface area contributed by atoms with E-state index in [0.717, 1.165) is 36.8 Å². The van der Waals surface area contributed by atoms with Crippen molar-refractivity contribution in [1.29, 1.82) is 0 Å². The summed E-state index contributed by atoms with van der Waals surface area (Å²) in [5.74, 6) is 0.148. The second-order valence-electron chi connectivity index (χ2n) is 9.46. The van der Waals surface area contributed by atoms with E-state index in [1.165, 1.54) is 0 Å². The number of amides is 2. The Morgan fingerprint density at radius 2 is 1.81 bits per heavy atom. The average Bonchev–Trinajstić information content (AvgIpc) is 3.58. The van der Waals surface area contributed by atoms with E-state index in [0.29, 0.717) is 22.5 Å². The largest absolute Gasteiger partial charge is 0.497 e. The van der Waals surface area contributed by atoms with E-state index in [-0.39, 0.29) is 24.4 Å². The van der Waals surface area contributed by atoms with E-state index >= 15 is 0 Å². The van der Waals surface area contributed by atoms with E-state index in [2.05, 4.69) is 15.6 Å². The van der Waals surface area contributed by atoms with E-state index in [4.69, 9.17) is 4.74 Å². The molecule has 5 rings (SSSR count). The van der Waals surface area contributed by atoms with Crippen molar-refractivity contribution in [1.82, 2.24) is 20.3 Å². The number of nitrogens with one attached hydrogen (secondary N) is 1. The summed E-state index contributed by atoms with van der Waals surface area (Å²) in [6, 6.07) is 21.7. The number of aryl methyl sites for hydroxylation is 1. The van der Waals surface area contributed by atoms with Crippen molar-refractivity contribution in [2.24, 2.45) is 0 Å². The monoisotopic (exact) mass is 497 g/mol. The van der Waals surface area contributed by atoms with Crippen molar-refractivity contribution in [3.05, 3.63) is 83.9 Å². The Bertz CT molecular complexity index is 1410. The van der Waals surface area contributed by atoms with Crippen molar-refractivity contribution >= 4 is 28.5 Å². The lowest BCUT2D eigenvalue weighted by atomic mass is 10.0.